The van der Waals surface area contributed by atoms with Gasteiger partial charge in [-0.3, -0.25) is 0 Å². The predicted octanol–water partition coefficient (Wildman–Crippen LogP) is 15.1. The largest absolute Gasteiger partial charge is 0.456 e. The van der Waals surface area contributed by atoms with Crippen molar-refractivity contribution in [2.45, 2.75) is 12.8 Å². The number of aryl methyl sites for hydroxylation is 1. The Bertz CT molecular complexity index is 3090. The van der Waals surface area contributed by atoms with Gasteiger partial charge in [-0.25, -0.2) is 0 Å². The zero-order valence-corrected chi connectivity index (χ0v) is 31.9. The molecule has 0 unspecified atom stereocenters. The minimum atomic E-state index is 0.912. The number of aromatic nitrogens is 1. The molecule has 0 saturated carbocycles. The van der Waals surface area contributed by atoms with Gasteiger partial charge in [-0.1, -0.05) is 109 Å². The first-order valence-corrected chi connectivity index (χ1v) is 20.0. The number of anilines is 6. The van der Waals surface area contributed by atoms with Gasteiger partial charge in [0.1, 0.15) is 11.3 Å². The fraction of sp³-hybridized carbons (Fsp3) is 0.0370. The molecule has 0 aliphatic heterocycles. The molecule has 2 heterocycles. The van der Waals surface area contributed by atoms with Crippen molar-refractivity contribution in [3.8, 4) is 16.8 Å². The van der Waals surface area contributed by atoms with E-state index in [4.69, 9.17) is 4.42 Å². The Balaban J connectivity index is 1.03. The fourth-order valence-corrected chi connectivity index (χ4v) is 8.72. The van der Waals surface area contributed by atoms with Gasteiger partial charge in [0.05, 0.1) is 11.0 Å². The van der Waals surface area contributed by atoms with Crippen LogP contribution in [0.4, 0.5) is 34.1 Å². The quantitative estimate of drug-likeness (QED) is 0.155. The van der Waals surface area contributed by atoms with E-state index in [1.54, 1.807) is 0 Å². The molecule has 0 saturated heterocycles. The summed E-state index contributed by atoms with van der Waals surface area (Å²) in [5.41, 5.74) is 14.5. The van der Waals surface area contributed by atoms with Crippen molar-refractivity contribution in [3.63, 3.8) is 0 Å². The summed E-state index contributed by atoms with van der Waals surface area (Å²) in [7, 11) is 0. The van der Waals surface area contributed by atoms with Crippen LogP contribution in [-0.2, 0) is 6.42 Å². The lowest BCUT2D eigenvalue weighted by atomic mass is 10.0. The number of allylic oxidation sites excluding steroid dienone is 1. The third-order valence-corrected chi connectivity index (χ3v) is 11.4. The van der Waals surface area contributed by atoms with Crippen LogP contribution in [0.25, 0.3) is 55.7 Å². The van der Waals surface area contributed by atoms with Gasteiger partial charge >= 0.3 is 0 Å². The van der Waals surface area contributed by atoms with Crippen LogP contribution in [-0.4, -0.2) is 4.57 Å². The molecule has 1 aliphatic rings. The van der Waals surface area contributed by atoms with E-state index in [9.17, 15) is 0 Å². The van der Waals surface area contributed by atoms with Gasteiger partial charge in [-0.05, 0) is 121 Å². The maximum absolute atomic E-state index is 6.44. The summed E-state index contributed by atoms with van der Waals surface area (Å²) >= 11 is 0. The second kappa shape index (κ2) is 14.2. The van der Waals surface area contributed by atoms with E-state index in [1.807, 2.05) is 0 Å². The third kappa shape index (κ3) is 5.86. The maximum atomic E-state index is 6.44. The number of nitrogens with zero attached hydrogens (tertiary/aromatic N) is 3. The minimum absolute atomic E-state index is 0.912. The average Bonchev–Trinajstić information content (AvgIpc) is 3.83. The van der Waals surface area contributed by atoms with Crippen LogP contribution < -0.4 is 9.80 Å². The van der Waals surface area contributed by atoms with Gasteiger partial charge < -0.3 is 18.8 Å². The fourth-order valence-electron chi connectivity index (χ4n) is 8.72. The molecule has 0 spiro atoms. The molecule has 0 bridgehead atoms. The first-order chi connectivity index (χ1) is 28.8. The van der Waals surface area contributed by atoms with Crippen LogP contribution in [0, 0.1) is 0 Å². The molecule has 0 N–H and O–H groups in total. The summed E-state index contributed by atoms with van der Waals surface area (Å²) in [6.45, 7) is 0. The second-order valence-corrected chi connectivity index (χ2v) is 14.9. The van der Waals surface area contributed by atoms with Crippen LogP contribution in [0.3, 0.4) is 0 Å². The van der Waals surface area contributed by atoms with E-state index in [2.05, 4.69) is 227 Å². The molecule has 1 aliphatic carbocycles. The summed E-state index contributed by atoms with van der Waals surface area (Å²) in [4.78, 5) is 4.68. The Morgan fingerprint density at radius 1 is 0.414 bits per heavy atom. The summed E-state index contributed by atoms with van der Waals surface area (Å²) in [5.74, 6) is 0.977. The monoisotopic (exact) mass is 745 g/mol. The standard InChI is InChI=1S/C54H39N3O/c1-4-14-38(15-5-1)39-24-26-42(27-25-39)56(46-33-35-50-49-21-11-13-23-53(49)58-54(50)37-46)44-30-28-43(29-31-44)55(40-16-6-2-7-17-40)45-32-34-48-47-20-10-12-22-51(47)57(52(48)36-45)41-18-8-3-9-19-41/h1-10,12-20,22-37H,11,21H2. The van der Waals surface area contributed by atoms with Crippen molar-refractivity contribution in [2.24, 2.45) is 0 Å². The molecular weight excluding hydrogens is 707 g/mol. The summed E-state index contributed by atoms with van der Waals surface area (Å²) < 4.78 is 8.82. The molecule has 10 aromatic rings. The zero-order valence-electron chi connectivity index (χ0n) is 31.9. The van der Waals surface area contributed by atoms with Crippen LogP contribution in [0.1, 0.15) is 17.7 Å². The zero-order chi connectivity index (χ0) is 38.4. The number of furan rings is 1. The molecule has 0 radical (unpaired) electrons. The summed E-state index contributed by atoms with van der Waals surface area (Å²) in [6, 6.07) is 71.8. The molecule has 4 heteroatoms. The normalized spacial score (nSPS) is 12.3. The molecule has 11 rings (SSSR count). The lowest BCUT2D eigenvalue weighted by Gasteiger charge is -2.28. The highest BCUT2D eigenvalue weighted by atomic mass is 16.3. The lowest BCUT2D eigenvalue weighted by molar-refractivity contribution is 0.595. The van der Waals surface area contributed by atoms with Crippen molar-refractivity contribution in [1.82, 2.24) is 4.57 Å². The molecule has 0 amide bonds. The number of para-hydroxylation sites is 3. The molecule has 2 aromatic heterocycles. The van der Waals surface area contributed by atoms with Gasteiger partial charge in [-0.2, -0.15) is 0 Å². The maximum Gasteiger partial charge on any atom is 0.137 e. The van der Waals surface area contributed by atoms with E-state index in [0.717, 1.165) is 69.5 Å². The smallest absolute Gasteiger partial charge is 0.137 e. The SMILES string of the molecule is C1=Cc2oc3cc(N(c4ccc(-c5ccccc5)cc4)c4ccc(N(c5ccccc5)c5ccc6c7ccccc7n(-c7ccccc7)c6c5)cc4)ccc3c2CC1. The number of rotatable bonds is 8. The van der Waals surface area contributed by atoms with Crippen molar-refractivity contribution in [3.05, 3.63) is 218 Å². The van der Waals surface area contributed by atoms with Crippen molar-refractivity contribution in [1.29, 1.82) is 0 Å². The van der Waals surface area contributed by atoms with Crippen LogP contribution >= 0.6 is 0 Å². The highest BCUT2D eigenvalue weighted by Gasteiger charge is 2.21. The topological polar surface area (TPSA) is 24.6 Å². The number of fused-ring (bicyclic) bond motifs is 6. The molecule has 58 heavy (non-hydrogen) atoms. The second-order valence-electron chi connectivity index (χ2n) is 14.9. The Morgan fingerprint density at radius 2 is 0.931 bits per heavy atom. The van der Waals surface area contributed by atoms with E-state index in [-0.39, 0.29) is 0 Å². The average molecular weight is 746 g/mol. The predicted molar refractivity (Wildman–Crippen MR) is 243 cm³/mol. The van der Waals surface area contributed by atoms with E-state index in [1.165, 1.54) is 38.4 Å². The molecule has 276 valence electrons. The number of benzene rings is 8. The lowest BCUT2D eigenvalue weighted by Crippen LogP contribution is -2.12. The van der Waals surface area contributed by atoms with Gasteiger partial charge in [0.2, 0.25) is 0 Å². The van der Waals surface area contributed by atoms with Crippen LogP contribution in [0.15, 0.2) is 211 Å². The summed E-state index contributed by atoms with van der Waals surface area (Å²) in [5, 5.41) is 3.66. The Kier molecular flexibility index (Phi) is 8.25. The first-order valence-electron chi connectivity index (χ1n) is 20.0. The summed E-state index contributed by atoms with van der Waals surface area (Å²) in [6.07, 6.45) is 6.37. The van der Waals surface area contributed by atoms with Gasteiger partial charge in [0.15, 0.2) is 0 Å². The molecule has 0 fully saturated rings. The first kappa shape index (κ1) is 33.8. The molecule has 0 atom stereocenters. The molecule has 8 aromatic carbocycles. The van der Waals surface area contributed by atoms with Crippen LogP contribution in [0.5, 0.6) is 0 Å². The van der Waals surface area contributed by atoms with Gasteiger partial charge in [0.25, 0.3) is 0 Å². The van der Waals surface area contributed by atoms with Crippen LogP contribution in [0.2, 0.25) is 0 Å². The van der Waals surface area contributed by atoms with E-state index < -0.39 is 0 Å². The van der Waals surface area contributed by atoms with Gasteiger partial charge in [-0.15, -0.1) is 0 Å². The van der Waals surface area contributed by atoms with Crippen molar-refractivity contribution >= 4 is 73.0 Å². The van der Waals surface area contributed by atoms with E-state index >= 15 is 0 Å². The third-order valence-electron chi connectivity index (χ3n) is 11.4. The minimum Gasteiger partial charge on any atom is -0.456 e. The van der Waals surface area contributed by atoms with Gasteiger partial charge in [0, 0.05) is 67.6 Å². The Labute approximate surface area is 337 Å². The van der Waals surface area contributed by atoms with Crippen molar-refractivity contribution in [2.75, 3.05) is 9.80 Å². The van der Waals surface area contributed by atoms with Crippen molar-refractivity contribution < 1.29 is 4.42 Å². The Hall–Kier alpha value is -7.56. The number of hydrogen-bond donors (Lipinski definition) is 0. The molecule has 4 nitrogen and oxygen atoms in total. The molecular formula is C54H39N3O. The highest BCUT2D eigenvalue weighted by molar-refractivity contribution is 6.10. The highest BCUT2D eigenvalue weighted by Crippen LogP contribution is 2.43. The Morgan fingerprint density at radius 3 is 1.64 bits per heavy atom. The van der Waals surface area contributed by atoms with E-state index in [0.29, 0.717) is 0 Å². The number of hydrogen-bond acceptors (Lipinski definition) is 3.